The van der Waals surface area contributed by atoms with Gasteiger partial charge in [0.25, 0.3) is 0 Å². The third-order valence-electron chi connectivity index (χ3n) is 3.98. The Balaban J connectivity index is 2.27. The fourth-order valence-electron chi connectivity index (χ4n) is 2.82. The summed E-state index contributed by atoms with van der Waals surface area (Å²) in [5.74, 6) is 1.18. The second kappa shape index (κ2) is 5.83. The Morgan fingerprint density at radius 3 is 2.65 bits per heavy atom. The second-order valence-electron chi connectivity index (χ2n) is 5.63. The molecule has 0 aliphatic rings. The Morgan fingerprint density at radius 2 is 1.96 bits per heavy atom. The van der Waals surface area contributed by atoms with Crippen LogP contribution < -0.4 is 4.74 Å². The molecule has 0 aliphatic heterocycles. The molecular weight excluding hydrogens is 290 g/mol. The van der Waals surface area contributed by atoms with Crippen molar-refractivity contribution in [2.75, 3.05) is 6.61 Å². The van der Waals surface area contributed by atoms with Crippen LogP contribution in [0.4, 0.5) is 5.82 Å². The van der Waals surface area contributed by atoms with Crippen molar-refractivity contribution in [3.63, 3.8) is 0 Å². The summed E-state index contributed by atoms with van der Waals surface area (Å²) in [5, 5.41) is 3.22. The fourth-order valence-corrected chi connectivity index (χ4v) is 2.82. The summed E-state index contributed by atoms with van der Waals surface area (Å²) in [7, 11) is 0. The molecule has 118 valence electrons. The van der Waals surface area contributed by atoms with Crippen LogP contribution in [0.5, 0.6) is 5.75 Å². The molecule has 0 spiro atoms. The van der Waals surface area contributed by atoms with Crippen molar-refractivity contribution < 1.29 is 4.74 Å². The Bertz CT molecular complexity index is 897. The van der Waals surface area contributed by atoms with E-state index in [4.69, 9.17) is 4.74 Å². The van der Waals surface area contributed by atoms with Crippen LogP contribution in [0.15, 0.2) is 35.6 Å². The van der Waals surface area contributed by atoms with Crippen LogP contribution in [-0.2, 0) is 0 Å². The minimum atomic E-state index is 0.329. The van der Waals surface area contributed by atoms with Gasteiger partial charge in [-0.2, -0.15) is 0 Å². The first kappa shape index (κ1) is 15.2. The molecule has 0 radical (unpaired) electrons. The minimum absolute atomic E-state index is 0.329. The van der Waals surface area contributed by atoms with Crippen molar-refractivity contribution in [2.45, 2.75) is 27.7 Å². The SMILES string of the molecule is CCOc1cc(C)c(-c2nc3c(C)cccn3c2N=O)cc1C. The van der Waals surface area contributed by atoms with Crippen LogP contribution in [0.2, 0.25) is 0 Å². The minimum Gasteiger partial charge on any atom is -0.494 e. The third-order valence-corrected chi connectivity index (χ3v) is 3.98. The summed E-state index contributed by atoms with van der Waals surface area (Å²) in [5.41, 5.74) is 5.29. The number of aryl methyl sites for hydroxylation is 3. The number of rotatable bonds is 4. The van der Waals surface area contributed by atoms with Crippen LogP contribution in [0, 0.1) is 25.7 Å². The lowest BCUT2D eigenvalue weighted by atomic mass is 10.0. The van der Waals surface area contributed by atoms with E-state index < -0.39 is 0 Å². The Hall–Kier alpha value is -2.69. The summed E-state index contributed by atoms with van der Waals surface area (Å²) in [6.07, 6.45) is 1.81. The topological polar surface area (TPSA) is 56.0 Å². The summed E-state index contributed by atoms with van der Waals surface area (Å²) in [6.45, 7) is 8.53. The van der Waals surface area contributed by atoms with Crippen LogP contribution >= 0.6 is 0 Å². The molecule has 23 heavy (non-hydrogen) atoms. The van der Waals surface area contributed by atoms with Gasteiger partial charge in [-0.05, 0) is 67.8 Å². The number of ether oxygens (including phenoxy) is 1. The zero-order valence-corrected chi connectivity index (χ0v) is 13.8. The van der Waals surface area contributed by atoms with Crippen molar-refractivity contribution in [3.8, 4) is 17.0 Å². The molecule has 0 aliphatic carbocycles. The highest BCUT2D eigenvalue weighted by atomic mass is 16.5. The predicted molar refractivity (Wildman–Crippen MR) is 91.5 cm³/mol. The number of imidazole rings is 1. The number of aromatic nitrogens is 2. The smallest absolute Gasteiger partial charge is 0.209 e. The summed E-state index contributed by atoms with van der Waals surface area (Å²) in [4.78, 5) is 16.1. The van der Waals surface area contributed by atoms with Crippen molar-refractivity contribution in [1.82, 2.24) is 9.38 Å². The summed E-state index contributed by atoms with van der Waals surface area (Å²) >= 11 is 0. The van der Waals surface area contributed by atoms with Gasteiger partial charge < -0.3 is 4.74 Å². The van der Waals surface area contributed by atoms with E-state index in [1.54, 1.807) is 4.40 Å². The maximum absolute atomic E-state index is 11.4. The molecule has 2 heterocycles. The molecule has 0 amide bonds. The van der Waals surface area contributed by atoms with Crippen LogP contribution in [0.3, 0.4) is 0 Å². The van der Waals surface area contributed by atoms with Gasteiger partial charge in [-0.25, -0.2) is 4.98 Å². The van der Waals surface area contributed by atoms with E-state index in [0.29, 0.717) is 18.1 Å². The number of nitrogens with zero attached hydrogens (tertiary/aromatic N) is 3. The highest BCUT2D eigenvalue weighted by Crippen LogP contribution is 2.36. The molecule has 0 bridgehead atoms. The van der Waals surface area contributed by atoms with E-state index >= 15 is 0 Å². The molecule has 0 N–H and O–H groups in total. The van der Waals surface area contributed by atoms with E-state index in [0.717, 1.165) is 33.7 Å². The Labute approximate surface area is 134 Å². The molecule has 3 aromatic rings. The molecule has 0 fully saturated rings. The molecule has 3 rings (SSSR count). The zero-order chi connectivity index (χ0) is 16.6. The number of benzene rings is 1. The first-order chi connectivity index (χ1) is 11.1. The highest BCUT2D eigenvalue weighted by molar-refractivity contribution is 5.78. The maximum atomic E-state index is 11.4. The Kier molecular flexibility index (Phi) is 3.86. The Morgan fingerprint density at radius 1 is 1.17 bits per heavy atom. The molecule has 0 unspecified atom stereocenters. The highest BCUT2D eigenvalue weighted by Gasteiger charge is 2.18. The van der Waals surface area contributed by atoms with Crippen molar-refractivity contribution in [1.29, 1.82) is 0 Å². The van der Waals surface area contributed by atoms with Crippen LogP contribution in [-0.4, -0.2) is 16.0 Å². The lowest BCUT2D eigenvalue weighted by Gasteiger charge is -2.11. The van der Waals surface area contributed by atoms with Gasteiger partial charge in [0.15, 0.2) is 0 Å². The summed E-state index contributed by atoms with van der Waals surface area (Å²) < 4.78 is 7.37. The third kappa shape index (κ3) is 2.48. The molecule has 0 saturated carbocycles. The standard InChI is InChI=1S/C18H19N3O2/c1-5-23-15-10-12(3)14(9-13(15)4)16-18(20-22)21-8-6-7-11(2)17(21)19-16/h6-10H,5H2,1-4H3. The first-order valence-electron chi connectivity index (χ1n) is 7.62. The van der Waals surface area contributed by atoms with E-state index in [2.05, 4.69) is 10.2 Å². The first-order valence-corrected chi connectivity index (χ1v) is 7.62. The summed E-state index contributed by atoms with van der Waals surface area (Å²) in [6, 6.07) is 7.85. The van der Waals surface area contributed by atoms with E-state index in [9.17, 15) is 4.91 Å². The number of pyridine rings is 1. The average molecular weight is 309 g/mol. The van der Waals surface area contributed by atoms with Gasteiger partial charge in [0.2, 0.25) is 5.82 Å². The van der Waals surface area contributed by atoms with Crippen molar-refractivity contribution in [3.05, 3.63) is 52.1 Å². The fraction of sp³-hybridized carbons (Fsp3) is 0.278. The van der Waals surface area contributed by atoms with Gasteiger partial charge in [-0.3, -0.25) is 4.40 Å². The van der Waals surface area contributed by atoms with Gasteiger partial charge >= 0.3 is 0 Å². The van der Waals surface area contributed by atoms with Gasteiger partial charge in [-0.1, -0.05) is 6.07 Å². The van der Waals surface area contributed by atoms with Gasteiger partial charge in [0, 0.05) is 11.8 Å². The normalized spacial score (nSPS) is 11.0. The number of fused-ring (bicyclic) bond motifs is 1. The van der Waals surface area contributed by atoms with E-state index in [-0.39, 0.29) is 0 Å². The van der Waals surface area contributed by atoms with Gasteiger partial charge in [0.1, 0.15) is 17.1 Å². The van der Waals surface area contributed by atoms with Crippen molar-refractivity contribution in [2.24, 2.45) is 5.18 Å². The molecule has 2 aromatic heterocycles. The predicted octanol–water partition coefficient (Wildman–Crippen LogP) is 4.72. The number of nitroso groups, excluding NO2 is 1. The average Bonchev–Trinajstić information content (AvgIpc) is 2.90. The lowest BCUT2D eigenvalue weighted by molar-refractivity contribution is 0.337. The van der Waals surface area contributed by atoms with Gasteiger partial charge in [-0.15, -0.1) is 4.91 Å². The molecule has 5 nitrogen and oxygen atoms in total. The lowest BCUT2D eigenvalue weighted by Crippen LogP contribution is -1.96. The van der Waals surface area contributed by atoms with Gasteiger partial charge in [0.05, 0.1) is 6.61 Å². The molecule has 1 aromatic carbocycles. The molecule has 5 heteroatoms. The van der Waals surface area contributed by atoms with E-state index in [1.165, 1.54) is 0 Å². The van der Waals surface area contributed by atoms with Crippen LogP contribution in [0.25, 0.3) is 16.9 Å². The largest absolute Gasteiger partial charge is 0.494 e. The van der Waals surface area contributed by atoms with Crippen molar-refractivity contribution >= 4 is 11.5 Å². The molecule has 0 atom stereocenters. The molecule has 0 saturated heterocycles. The number of hydrogen-bond acceptors (Lipinski definition) is 4. The monoisotopic (exact) mass is 309 g/mol. The maximum Gasteiger partial charge on any atom is 0.209 e. The zero-order valence-electron chi connectivity index (χ0n) is 13.8. The molecular formula is C18H19N3O2. The van der Waals surface area contributed by atoms with Crippen LogP contribution in [0.1, 0.15) is 23.6 Å². The van der Waals surface area contributed by atoms with E-state index in [1.807, 2.05) is 58.2 Å². The second-order valence-corrected chi connectivity index (χ2v) is 5.63. The quantitative estimate of drug-likeness (QED) is 0.655. The number of hydrogen-bond donors (Lipinski definition) is 0.